The number of hydrogen-bond donors (Lipinski definition) is 2. The summed E-state index contributed by atoms with van der Waals surface area (Å²) in [5.74, 6) is -1.65. The van der Waals surface area contributed by atoms with Gasteiger partial charge in [0, 0.05) is 32.5 Å². The van der Waals surface area contributed by atoms with Crippen LogP contribution in [0.5, 0.6) is 0 Å². The molecular weight excluding hydrogens is 274 g/mol. The van der Waals surface area contributed by atoms with Gasteiger partial charge < -0.3 is 25.0 Å². The fourth-order valence-electron chi connectivity index (χ4n) is 2.65. The van der Waals surface area contributed by atoms with Crippen molar-refractivity contribution in [3.05, 3.63) is 0 Å². The van der Waals surface area contributed by atoms with E-state index in [1.807, 2.05) is 19.0 Å². The lowest BCUT2D eigenvalue weighted by Gasteiger charge is -2.21. The third-order valence-corrected chi connectivity index (χ3v) is 3.82. The van der Waals surface area contributed by atoms with Gasteiger partial charge >= 0.3 is 11.8 Å². The van der Waals surface area contributed by atoms with E-state index in [1.54, 1.807) is 0 Å². The Balaban J connectivity index is 1.64. The first kappa shape index (κ1) is 16.2. The third kappa shape index (κ3) is 4.66. The van der Waals surface area contributed by atoms with Gasteiger partial charge in [-0.3, -0.25) is 9.59 Å². The molecule has 1 aliphatic carbocycles. The molecule has 0 bridgehead atoms. The average Bonchev–Trinajstić information content (AvgIpc) is 3.06. The van der Waals surface area contributed by atoms with Crippen LogP contribution in [0.3, 0.4) is 0 Å². The van der Waals surface area contributed by atoms with Crippen LogP contribution >= 0.6 is 0 Å². The average molecular weight is 299 g/mol. The molecule has 1 spiro atoms. The highest BCUT2D eigenvalue weighted by Gasteiger charge is 2.43. The van der Waals surface area contributed by atoms with Crippen molar-refractivity contribution in [1.29, 1.82) is 0 Å². The molecule has 21 heavy (non-hydrogen) atoms. The molecule has 1 saturated carbocycles. The monoisotopic (exact) mass is 299 g/mol. The van der Waals surface area contributed by atoms with E-state index >= 15 is 0 Å². The van der Waals surface area contributed by atoms with E-state index in [1.165, 1.54) is 0 Å². The van der Waals surface area contributed by atoms with Crippen LogP contribution in [0.25, 0.3) is 0 Å². The van der Waals surface area contributed by atoms with Gasteiger partial charge in [0.25, 0.3) is 0 Å². The smallest absolute Gasteiger partial charge is 0.309 e. The van der Waals surface area contributed by atoms with E-state index in [0.717, 1.165) is 25.7 Å². The summed E-state index contributed by atoms with van der Waals surface area (Å²) in [5, 5.41) is 5.17. The lowest BCUT2D eigenvalue weighted by Crippen LogP contribution is -2.44. The zero-order chi connectivity index (χ0) is 15.3. The van der Waals surface area contributed by atoms with Gasteiger partial charge in [-0.25, -0.2) is 0 Å². The van der Waals surface area contributed by atoms with E-state index in [4.69, 9.17) is 9.47 Å². The van der Waals surface area contributed by atoms with Gasteiger partial charge in [-0.2, -0.15) is 0 Å². The summed E-state index contributed by atoms with van der Waals surface area (Å²) in [4.78, 5) is 25.2. The number of hydrogen-bond acceptors (Lipinski definition) is 5. The van der Waals surface area contributed by atoms with Gasteiger partial charge in [0.2, 0.25) is 0 Å². The Morgan fingerprint density at radius 3 is 2.52 bits per heavy atom. The van der Waals surface area contributed by atoms with Crippen LogP contribution < -0.4 is 10.6 Å². The Labute approximate surface area is 125 Å². The maximum absolute atomic E-state index is 11.7. The number of nitrogens with zero attached hydrogens (tertiary/aromatic N) is 1. The lowest BCUT2D eigenvalue weighted by molar-refractivity contribution is -0.161. The zero-order valence-corrected chi connectivity index (χ0v) is 12.8. The fourth-order valence-corrected chi connectivity index (χ4v) is 2.65. The van der Waals surface area contributed by atoms with E-state index in [0.29, 0.717) is 26.2 Å². The summed E-state index contributed by atoms with van der Waals surface area (Å²) >= 11 is 0. The van der Waals surface area contributed by atoms with Crippen LogP contribution in [0.2, 0.25) is 0 Å². The maximum atomic E-state index is 11.7. The first-order valence-electron chi connectivity index (χ1n) is 7.53. The third-order valence-electron chi connectivity index (χ3n) is 3.82. The molecule has 0 aromatic rings. The van der Waals surface area contributed by atoms with Crippen LogP contribution in [-0.4, -0.2) is 68.9 Å². The maximum Gasteiger partial charge on any atom is 0.309 e. The minimum atomic E-state index is -0.621. The molecule has 7 heteroatoms. The predicted octanol–water partition coefficient (Wildman–Crippen LogP) is -0.534. The molecule has 2 amide bonds. The summed E-state index contributed by atoms with van der Waals surface area (Å²) in [6, 6.07) is 0. The molecule has 2 rings (SSSR count). The Morgan fingerprint density at radius 1 is 1.19 bits per heavy atom. The molecule has 120 valence electrons. The number of rotatable bonds is 5. The van der Waals surface area contributed by atoms with Gasteiger partial charge in [-0.15, -0.1) is 0 Å². The number of amides is 2. The zero-order valence-electron chi connectivity index (χ0n) is 12.8. The second kappa shape index (κ2) is 7.20. The molecule has 1 aliphatic heterocycles. The quantitative estimate of drug-likeness (QED) is 0.667. The minimum absolute atomic E-state index is 0.165. The van der Waals surface area contributed by atoms with Crippen LogP contribution in [0.4, 0.5) is 0 Å². The fraction of sp³-hybridized carbons (Fsp3) is 0.857. The topological polar surface area (TPSA) is 79.9 Å². The molecule has 0 radical (unpaired) electrons. The van der Waals surface area contributed by atoms with Crippen molar-refractivity contribution in [3.63, 3.8) is 0 Å². The molecule has 2 fully saturated rings. The highest BCUT2D eigenvalue weighted by atomic mass is 16.7. The number of nitrogens with one attached hydrogen (secondary N) is 2. The largest absolute Gasteiger partial charge is 0.347 e. The first-order valence-corrected chi connectivity index (χ1v) is 7.53. The lowest BCUT2D eigenvalue weighted by atomic mass is 10.2. The van der Waals surface area contributed by atoms with Crippen LogP contribution in [0.1, 0.15) is 25.7 Å². The van der Waals surface area contributed by atoms with E-state index < -0.39 is 17.6 Å². The van der Waals surface area contributed by atoms with Crippen molar-refractivity contribution in [3.8, 4) is 0 Å². The van der Waals surface area contributed by atoms with E-state index in [9.17, 15) is 9.59 Å². The molecule has 2 N–H and O–H groups in total. The molecule has 2 aliphatic rings. The van der Waals surface area contributed by atoms with Crippen molar-refractivity contribution in [2.24, 2.45) is 0 Å². The molecule has 1 heterocycles. The summed E-state index contributed by atoms with van der Waals surface area (Å²) in [5.41, 5.74) is 0. The Morgan fingerprint density at radius 2 is 1.86 bits per heavy atom. The Bertz CT molecular complexity index is 380. The molecule has 0 aromatic carbocycles. The van der Waals surface area contributed by atoms with Crippen LogP contribution in [0.15, 0.2) is 0 Å². The SMILES string of the molecule is CN(C)CCNC(=O)C(=O)NCC1COC2(CCCC2)O1. The summed E-state index contributed by atoms with van der Waals surface area (Å²) in [6.07, 6.45) is 3.91. The highest BCUT2D eigenvalue weighted by molar-refractivity contribution is 6.35. The van der Waals surface area contributed by atoms with E-state index in [-0.39, 0.29) is 6.10 Å². The molecule has 1 atom stereocenters. The Kier molecular flexibility index (Phi) is 5.55. The number of carbonyl (C=O) groups excluding carboxylic acids is 2. The molecule has 0 aromatic heterocycles. The summed E-state index contributed by atoms with van der Waals surface area (Å²) in [7, 11) is 3.81. The van der Waals surface area contributed by atoms with Gasteiger partial charge in [-0.05, 0) is 26.9 Å². The van der Waals surface area contributed by atoms with Gasteiger partial charge in [0.05, 0.1) is 6.61 Å². The minimum Gasteiger partial charge on any atom is -0.347 e. The standard InChI is InChI=1S/C14H25N3O4/c1-17(2)8-7-15-12(18)13(19)16-9-11-10-20-14(21-11)5-3-4-6-14/h11H,3-10H2,1-2H3,(H,15,18)(H,16,19). The van der Waals surface area contributed by atoms with E-state index in [2.05, 4.69) is 10.6 Å². The molecule has 1 unspecified atom stereocenters. The summed E-state index contributed by atoms with van der Waals surface area (Å²) in [6.45, 7) is 1.93. The van der Waals surface area contributed by atoms with Crippen molar-refractivity contribution >= 4 is 11.8 Å². The van der Waals surface area contributed by atoms with Crippen molar-refractivity contribution in [1.82, 2.24) is 15.5 Å². The predicted molar refractivity (Wildman–Crippen MR) is 76.6 cm³/mol. The van der Waals surface area contributed by atoms with Crippen LogP contribution in [0, 0.1) is 0 Å². The molecule has 7 nitrogen and oxygen atoms in total. The number of likely N-dealkylation sites (N-methyl/N-ethyl adjacent to an activating group) is 1. The first-order chi connectivity index (χ1) is 10.0. The second-order valence-electron chi connectivity index (χ2n) is 5.94. The Hall–Kier alpha value is -1.18. The number of ether oxygens (including phenoxy) is 2. The highest BCUT2D eigenvalue weighted by Crippen LogP contribution is 2.38. The normalized spacial score (nSPS) is 23.7. The summed E-state index contributed by atoms with van der Waals surface area (Å²) < 4.78 is 11.6. The number of carbonyl (C=O) groups is 2. The van der Waals surface area contributed by atoms with Gasteiger partial charge in [-0.1, -0.05) is 0 Å². The van der Waals surface area contributed by atoms with Crippen LogP contribution in [-0.2, 0) is 19.1 Å². The molecule has 1 saturated heterocycles. The second-order valence-corrected chi connectivity index (χ2v) is 5.94. The van der Waals surface area contributed by atoms with Crippen molar-refractivity contribution < 1.29 is 19.1 Å². The van der Waals surface area contributed by atoms with Crippen molar-refractivity contribution in [2.75, 3.05) is 40.3 Å². The van der Waals surface area contributed by atoms with Gasteiger partial charge in [0.15, 0.2) is 5.79 Å². The van der Waals surface area contributed by atoms with Crippen molar-refractivity contribution in [2.45, 2.75) is 37.6 Å². The van der Waals surface area contributed by atoms with Gasteiger partial charge in [0.1, 0.15) is 6.10 Å². The molecular formula is C14H25N3O4.